The number of halogens is 6. The Morgan fingerprint density at radius 2 is 1.15 bits per heavy atom. The van der Waals surface area contributed by atoms with Crippen LogP contribution >= 0.6 is 0 Å². The van der Waals surface area contributed by atoms with Crippen LogP contribution in [0.5, 0.6) is 11.5 Å². The molecule has 412 valence electrons. The summed E-state index contributed by atoms with van der Waals surface area (Å²) in [5, 5.41) is 16.6. The maximum Gasteiger partial charge on any atom is 0.534 e. The Morgan fingerprint density at radius 1 is 0.622 bits per heavy atom. The van der Waals surface area contributed by atoms with Crippen LogP contribution in [-0.2, 0) is 65.9 Å². The van der Waals surface area contributed by atoms with Crippen LogP contribution in [0.25, 0.3) is 0 Å². The molecule has 0 aliphatic rings. The van der Waals surface area contributed by atoms with Crippen LogP contribution < -0.4 is 8.37 Å². The molecule has 0 radical (unpaired) electrons. The summed E-state index contributed by atoms with van der Waals surface area (Å²) >= 11 is 0. The van der Waals surface area contributed by atoms with Crippen molar-refractivity contribution in [1.82, 2.24) is 0 Å². The molecule has 0 aliphatic carbocycles. The highest BCUT2D eigenvalue weighted by molar-refractivity contribution is 7.88. The Kier molecular flexibility index (Phi) is 24.8. The molecule has 4 aromatic carbocycles. The van der Waals surface area contributed by atoms with E-state index in [1.165, 1.54) is 25.0 Å². The fourth-order valence-corrected chi connectivity index (χ4v) is 8.97. The molecule has 0 bridgehead atoms. The van der Waals surface area contributed by atoms with Crippen LogP contribution in [0.4, 0.5) is 26.3 Å². The molecule has 0 saturated heterocycles. The van der Waals surface area contributed by atoms with Gasteiger partial charge in [-0.3, -0.25) is 9.11 Å². The fourth-order valence-electron chi connectivity index (χ4n) is 6.69. The van der Waals surface area contributed by atoms with E-state index in [4.69, 9.17) is 14.7 Å². The minimum Gasteiger partial charge on any atom is -0.382 e. The van der Waals surface area contributed by atoms with Gasteiger partial charge in [0.25, 0.3) is 20.2 Å². The first kappa shape index (κ1) is 66.8. The average Bonchev–Trinajstić information content (AvgIpc) is 3.26. The Balaban J connectivity index is 0.000000493. The molecule has 0 heterocycles. The zero-order valence-electron chi connectivity index (χ0n) is 42.8. The Hall–Kier alpha value is -5.24. The molecule has 14 nitrogen and oxygen atoms in total. The topological polar surface area (TPSA) is 243 Å². The molecule has 0 fully saturated rings. The first-order valence-corrected chi connectivity index (χ1v) is 28.8. The van der Waals surface area contributed by atoms with Gasteiger partial charge in [0, 0.05) is 0 Å². The third-order valence-corrected chi connectivity index (χ3v) is 16.2. The lowest BCUT2D eigenvalue weighted by atomic mass is 9.92. The van der Waals surface area contributed by atoms with Crippen molar-refractivity contribution in [3.05, 3.63) is 129 Å². The van der Waals surface area contributed by atoms with Gasteiger partial charge in [-0.25, -0.2) is 0 Å². The van der Waals surface area contributed by atoms with Crippen molar-refractivity contribution < 1.29 is 77.5 Å². The summed E-state index contributed by atoms with van der Waals surface area (Å²) in [5.41, 5.74) is -0.364. The molecule has 24 heteroatoms. The molecule has 0 amide bonds. The van der Waals surface area contributed by atoms with E-state index in [0.717, 1.165) is 48.4 Å². The van der Waals surface area contributed by atoms with Crippen molar-refractivity contribution in [2.24, 2.45) is 0 Å². The summed E-state index contributed by atoms with van der Waals surface area (Å²) in [7, 11) is -17.7. The molecule has 4 rings (SSSR count). The number of rotatable bonds is 17. The summed E-state index contributed by atoms with van der Waals surface area (Å²) in [6.45, 7) is 20.2. The SMILES string of the molecule is CC(C)c1cc(CC(C)(C)S(=O)(=O)O)ccc1C#N.CCCc1cc(C(CC)S(=O)(=O)O)ccc1C#N.CCCc1ccc(OS(=O)(=O)C(C)C)cc1C(C)C.O=S(=O)(Oc1cccc(C(F)(F)F)c1)C(F)(F)F. The van der Waals surface area contributed by atoms with E-state index in [9.17, 15) is 69.1 Å². The molecule has 1 atom stereocenters. The first-order valence-electron chi connectivity index (χ1n) is 23.0. The van der Waals surface area contributed by atoms with E-state index in [2.05, 4.69) is 37.1 Å². The second-order valence-electron chi connectivity index (χ2n) is 18.2. The molecular formula is C50H64F6N2O12S4. The Labute approximate surface area is 432 Å². The van der Waals surface area contributed by atoms with Crippen LogP contribution in [0.15, 0.2) is 78.9 Å². The zero-order valence-corrected chi connectivity index (χ0v) is 46.1. The van der Waals surface area contributed by atoms with E-state index < -0.39 is 78.7 Å². The lowest BCUT2D eigenvalue weighted by Gasteiger charge is -2.21. The van der Waals surface area contributed by atoms with Gasteiger partial charge in [0.1, 0.15) is 16.7 Å². The van der Waals surface area contributed by atoms with Gasteiger partial charge in [-0.2, -0.15) is 70.5 Å². The van der Waals surface area contributed by atoms with Gasteiger partial charge in [0.2, 0.25) is 0 Å². The number of aryl methyl sites for hydroxylation is 2. The standard InChI is InChI=1S/C15H24O3S.C14H19NO3S.C13H17NO3S.C8H4F6O3S/c1-6-7-13-8-9-14(10-15(13)11(2)3)18-19(16,17)12(4)5;1-10(2)13-7-11(5-6-12(13)9-15)8-14(3,4)19(16,17)18;1-3-5-10-8-11(6-7-12(10)9-14)13(4-2)18(15,16)17;9-7(10,11)5-2-1-3-6(4-5)17-18(15,16)8(12,13)14/h8-12H,6-7H2,1-5H3;5-7,10H,8H2,1-4H3,(H,16,17,18);6-8,13H,3-5H2,1-2H3,(H,15,16,17);1-4H. The normalized spacial score (nSPS) is 12.8. The fraction of sp³-hybridized carbons (Fsp3) is 0.480. The smallest absolute Gasteiger partial charge is 0.382 e. The summed E-state index contributed by atoms with van der Waals surface area (Å²) in [4.78, 5) is 0. The van der Waals surface area contributed by atoms with Crippen LogP contribution in [0, 0.1) is 22.7 Å². The van der Waals surface area contributed by atoms with E-state index in [-0.39, 0.29) is 18.4 Å². The molecule has 0 aromatic heterocycles. The number of nitriles is 2. The maximum atomic E-state index is 12.2. The van der Waals surface area contributed by atoms with Crippen LogP contribution in [-0.4, -0.2) is 58.3 Å². The second kappa shape index (κ2) is 27.5. The van der Waals surface area contributed by atoms with Gasteiger partial charge in [0.05, 0.1) is 38.8 Å². The molecular weight excluding hydrogens is 1060 g/mol. The predicted octanol–water partition coefficient (Wildman–Crippen LogP) is 12.6. The van der Waals surface area contributed by atoms with Gasteiger partial charge in [-0.05, 0) is 141 Å². The molecule has 0 spiro atoms. The van der Waals surface area contributed by atoms with E-state index in [1.54, 1.807) is 57.2 Å². The molecule has 4 aromatic rings. The predicted molar refractivity (Wildman–Crippen MR) is 271 cm³/mol. The second-order valence-corrected chi connectivity index (χ2v) is 25.5. The Bertz CT molecular complexity index is 3050. The number of hydrogen-bond donors (Lipinski definition) is 2. The number of benzene rings is 4. The van der Waals surface area contributed by atoms with Gasteiger partial charge >= 0.3 is 31.9 Å². The third-order valence-electron chi connectivity index (χ3n) is 10.8. The molecule has 2 N–H and O–H groups in total. The maximum absolute atomic E-state index is 12.2. The number of hydrogen-bond acceptors (Lipinski definition) is 12. The van der Waals surface area contributed by atoms with Crippen molar-refractivity contribution in [2.75, 3.05) is 0 Å². The molecule has 74 heavy (non-hydrogen) atoms. The van der Waals surface area contributed by atoms with Crippen molar-refractivity contribution in [3.8, 4) is 23.6 Å². The van der Waals surface area contributed by atoms with Gasteiger partial charge < -0.3 is 8.37 Å². The van der Waals surface area contributed by atoms with Crippen molar-refractivity contribution >= 4 is 40.5 Å². The van der Waals surface area contributed by atoms with Gasteiger partial charge in [-0.15, -0.1) is 0 Å². The lowest BCUT2D eigenvalue weighted by Crippen LogP contribution is -2.33. The van der Waals surface area contributed by atoms with E-state index in [1.807, 2.05) is 39.0 Å². The van der Waals surface area contributed by atoms with Crippen molar-refractivity contribution in [2.45, 2.75) is 153 Å². The third kappa shape index (κ3) is 20.5. The summed E-state index contributed by atoms with van der Waals surface area (Å²) in [5.74, 6) is -0.116. The van der Waals surface area contributed by atoms with Gasteiger partial charge in [0.15, 0.2) is 0 Å². The summed E-state index contributed by atoms with van der Waals surface area (Å²) in [6.07, 6.45) is -0.636. The molecule has 1 unspecified atom stereocenters. The lowest BCUT2D eigenvalue weighted by molar-refractivity contribution is -0.137. The van der Waals surface area contributed by atoms with Gasteiger partial charge in [-0.1, -0.05) is 97.7 Å². The van der Waals surface area contributed by atoms with E-state index >= 15 is 0 Å². The highest BCUT2D eigenvalue weighted by Crippen LogP contribution is 2.34. The van der Waals surface area contributed by atoms with Crippen molar-refractivity contribution in [1.29, 1.82) is 10.5 Å². The van der Waals surface area contributed by atoms with Crippen molar-refractivity contribution in [3.63, 3.8) is 0 Å². The monoisotopic (exact) mass is 1130 g/mol. The minimum atomic E-state index is -5.98. The summed E-state index contributed by atoms with van der Waals surface area (Å²) < 4.78 is 188. The Morgan fingerprint density at radius 3 is 1.59 bits per heavy atom. The first-order chi connectivity index (χ1) is 33.7. The quantitative estimate of drug-likeness (QED) is 0.0432. The largest absolute Gasteiger partial charge is 0.534 e. The minimum absolute atomic E-state index is 0.156. The van der Waals surface area contributed by atoms with Crippen LogP contribution in [0.3, 0.4) is 0 Å². The summed E-state index contributed by atoms with van der Waals surface area (Å²) in [6, 6.07) is 22.1. The highest BCUT2D eigenvalue weighted by atomic mass is 32.2. The molecule has 0 saturated carbocycles. The number of alkyl halides is 6. The highest BCUT2D eigenvalue weighted by Gasteiger charge is 2.48. The average molecular weight is 1130 g/mol. The molecule has 0 aliphatic heterocycles. The zero-order chi connectivity index (χ0) is 57.4. The number of nitrogens with zero attached hydrogens (tertiary/aromatic N) is 2. The van der Waals surface area contributed by atoms with E-state index in [0.29, 0.717) is 46.9 Å². The van der Waals surface area contributed by atoms with Crippen LogP contribution in [0.1, 0.15) is 163 Å². The van der Waals surface area contributed by atoms with Crippen LogP contribution in [0.2, 0.25) is 0 Å².